The molecule has 1 aliphatic carbocycles. The summed E-state index contributed by atoms with van der Waals surface area (Å²) >= 11 is 0. The summed E-state index contributed by atoms with van der Waals surface area (Å²) in [6.07, 6.45) is 3.45. The molecule has 0 radical (unpaired) electrons. The number of hydrogen-bond donors (Lipinski definition) is 2. The van der Waals surface area contributed by atoms with Gasteiger partial charge in [0.15, 0.2) is 0 Å². The third kappa shape index (κ3) is 2.88. The molecule has 0 atom stereocenters. The molecule has 0 unspecified atom stereocenters. The highest BCUT2D eigenvalue weighted by molar-refractivity contribution is 7.89. The Hall–Kier alpha value is -1.40. The minimum Gasteiger partial charge on any atom is -0.352 e. The van der Waals surface area contributed by atoms with E-state index in [9.17, 15) is 13.2 Å². The molecule has 0 heterocycles. The SMILES string of the molecule is NS(=O)(=O)c1ccccc1C(=O)NCC1CCC1. The number of nitrogens with one attached hydrogen (secondary N) is 1. The number of primary sulfonamides is 1. The van der Waals surface area contributed by atoms with Gasteiger partial charge in [0, 0.05) is 6.54 Å². The molecular weight excluding hydrogens is 252 g/mol. The molecule has 18 heavy (non-hydrogen) atoms. The zero-order valence-corrected chi connectivity index (χ0v) is 10.7. The van der Waals surface area contributed by atoms with Crippen LogP contribution in [0.3, 0.4) is 0 Å². The van der Waals surface area contributed by atoms with Crippen molar-refractivity contribution in [1.29, 1.82) is 0 Å². The quantitative estimate of drug-likeness (QED) is 0.849. The number of nitrogens with two attached hydrogens (primary N) is 1. The minimum atomic E-state index is -3.87. The fraction of sp³-hybridized carbons (Fsp3) is 0.417. The van der Waals surface area contributed by atoms with Crippen LogP contribution in [0.1, 0.15) is 29.6 Å². The van der Waals surface area contributed by atoms with Crippen molar-refractivity contribution in [2.75, 3.05) is 6.54 Å². The molecule has 1 saturated carbocycles. The Balaban J connectivity index is 2.14. The van der Waals surface area contributed by atoms with Gasteiger partial charge in [0.25, 0.3) is 5.91 Å². The normalized spacial score (nSPS) is 16.1. The maximum atomic E-state index is 11.9. The third-order valence-electron chi connectivity index (χ3n) is 3.21. The second kappa shape index (κ2) is 5.07. The molecule has 1 amide bonds. The number of sulfonamides is 1. The molecule has 5 nitrogen and oxygen atoms in total. The zero-order valence-electron chi connectivity index (χ0n) is 9.93. The van der Waals surface area contributed by atoms with E-state index in [4.69, 9.17) is 5.14 Å². The average molecular weight is 268 g/mol. The molecule has 98 valence electrons. The van der Waals surface area contributed by atoms with Gasteiger partial charge in [-0.3, -0.25) is 4.79 Å². The van der Waals surface area contributed by atoms with Crippen LogP contribution in [0.15, 0.2) is 29.2 Å². The Morgan fingerprint density at radius 2 is 2.00 bits per heavy atom. The molecule has 0 aliphatic heterocycles. The summed E-state index contributed by atoms with van der Waals surface area (Å²) in [5, 5.41) is 7.84. The van der Waals surface area contributed by atoms with E-state index in [0.29, 0.717) is 12.5 Å². The Bertz CT molecular complexity index is 550. The van der Waals surface area contributed by atoms with Crippen LogP contribution < -0.4 is 10.5 Å². The predicted octanol–water partition coefficient (Wildman–Crippen LogP) is 0.864. The van der Waals surface area contributed by atoms with E-state index in [2.05, 4.69) is 5.32 Å². The Morgan fingerprint density at radius 1 is 1.33 bits per heavy atom. The molecule has 0 bridgehead atoms. The van der Waals surface area contributed by atoms with E-state index in [1.807, 2.05) is 0 Å². The van der Waals surface area contributed by atoms with Gasteiger partial charge in [-0.05, 0) is 30.9 Å². The molecule has 0 saturated heterocycles. The van der Waals surface area contributed by atoms with E-state index in [-0.39, 0.29) is 16.4 Å². The van der Waals surface area contributed by atoms with E-state index < -0.39 is 10.0 Å². The molecule has 1 aromatic carbocycles. The Morgan fingerprint density at radius 3 is 2.56 bits per heavy atom. The smallest absolute Gasteiger partial charge is 0.252 e. The van der Waals surface area contributed by atoms with Crippen molar-refractivity contribution in [1.82, 2.24) is 5.32 Å². The summed E-state index contributed by atoms with van der Waals surface area (Å²) in [6, 6.07) is 5.97. The van der Waals surface area contributed by atoms with Gasteiger partial charge in [-0.25, -0.2) is 13.6 Å². The molecule has 0 aromatic heterocycles. The number of hydrogen-bond acceptors (Lipinski definition) is 3. The van der Waals surface area contributed by atoms with Gasteiger partial charge in [0.05, 0.1) is 10.5 Å². The minimum absolute atomic E-state index is 0.110. The summed E-state index contributed by atoms with van der Waals surface area (Å²) in [5.41, 5.74) is 0.110. The third-order valence-corrected chi connectivity index (χ3v) is 4.18. The average Bonchev–Trinajstić information content (AvgIpc) is 2.25. The van der Waals surface area contributed by atoms with Gasteiger partial charge in [0.2, 0.25) is 10.0 Å². The lowest BCUT2D eigenvalue weighted by atomic mass is 9.85. The fourth-order valence-electron chi connectivity index (χ4n) is 1.93. The highest BCUT2D eigenvalue weighted by atomic mass is 32.2. The number of benzene rings is 1. The summed E-state index contributed by atoms with van der Waals surface area (Å²) in [6.45, 7) is 0.595. The standard InChI is InChI=1S/C12H16N2O3S/c13-18(16,17)11-7-2-1-6-10(11)12(15)14-8-9-4-3-5-9/h1-2,6-7,9H,3-5,8H2,(H,14,15)(H2,13,16,17). The molecule has 3 N–H and O–H groups in total. The lowest BCUT2D eigenvalue weighted by molar-refractivity contribution is 0.0935. The van der Waals surface area contributed by atoms with Crippen molar-refractivity contribution < 1.29 is 13.2 Å². The van der Waals surface area contributed by atoms with Crippen LogP contribution >= 0.6 is 0 Å². The molecule has 1 aliphatic rings. The first-order chi connectivity index (χ1) is 8.48. The monoisotopic (exact) mass is 268 g/mol. The van der Waals surface area contributed by atoms with Crippen molar-refractivity contribution in [2.24, 2.45) is 11.1 Å². The van der Waals surface area contributed by atoms with Gasteiger partial charge < -0.3 is 5.32 Å². The van der Waals surface area contributed by atoms with Gasteiger partial charge in [-0.2, -0.15) is 0 Å². The van der Waals surface area contributed by atoms with E-state index >= 15 is 0 Å². The topological polar surface area (TPSA) is 89.3 Å². The van der Waals surface area contributed by atoms with Crippen LogP contribution in [0.2, 0.25) is 0 Å². The lowest BCUT2D eigenvalue weighted by Crippen LogP contribution is -2.33. The van der Waals surface area contributed by atoms with Crippen molar-refractivity contribution >= 4 is 15.9 Å². The fourth-order valence-corrected chi connectivity index (χ4v) is 2.67. The van der Waals surface area contributed by atoms with Gasteiger partial charge >= 0.3 is 0 Å². The van der Waals surface area contributed by atoms with Crippen LogP contribution in [-0.2, 0) is 10.0 Å². The van der Waals surface area contributed by atoms with Gasteiger partial charge in [-0.15, -0.1) is 0 Å². The first-order valence-electron chi connectivity index (χ1n) is 5.88. The maximum absolute atomic E-state index is 11.9. The van der Waals surface area contributed by atoms with Crippen LogP contribution in [0.5, 0.6) is 0 Å². The number of amides is 1. The summed E-state index contributed by atoms with van der Waals surface area (Å²) in [5.74, 6) is 0.141. The van der Waals surface area contributed by atoms with Crippen LogP contribution in [-0.4, -0.2) is 20.9 Å². The van der Waals surface area contributed by atoms with E-state index in [1.54, 1.807) is 12.1 Å². The van der Waals surface area contributed by atoms with Crippen molar-refractivity contribution in [2.45, 2.75) is 24.2 Å². The van der Waals surface area contributed by atoms with E-state index in [0.717, 1.165) is 12.8 Å². The zero-order chi connectivity index (χ0) is 13.2. The van der Waals surface area contributed by atoms with Crippen LogP contribution in [0, 0.1) is 5.92 Å². The molecule has 1 aromatic rings. The second-order valence-electron chi connectivity index (χ2n) is 4.55. The summed E-state index contributed by atoms with van der Waals surface area (Å²) < 4.78 is 22.7. The van der Waals surface area contributed by atoms with Crippen LogP contribution in [0.25, 0.3) is 0 Å². The molecule has 2 rings (SSSR count). The van der Waals surface area contributed by atoms with Crippen molar-refractivity contribution in [3.05, 3.63) is 29.8 Å². The first-order valence-corrected chi connectivity index (χ1v) is 7.43. The molecule has 6 heteroatoms. The first kappa shape index (κ1) is 13.0. The predicted molar refractivity (Wildman–Crippen MR) is 67.5 cm³/mol. The summed E-state index contributed by atoms with van der Waals surface area (Å²) in [7, 11) is -3.87. The van der Waals surface area contributed by atoms with Crippen LogP contribution in [0.4, 0.5) is 0 Å². The largest absolute Gasteiger partial charge is 0.352 e. The highest BCUT2D eigenvalue weighted by Crippen LogP contribution is 2.25. The van der Waals surface area contributed by atoms with Crippen molar-refractivity contribution in [3.63, 3.8) is 0 Å². The molecule has 0 spiro atoms. The highest BCUT2D eigenvalue weighted by Gasteiger charge is 2.21. The van der Waals surface area contributed by atoms with Crippen molar-refractivity contribution in [3.8, 4) is 0 Å². The molecule has 1 fully saturated rings. The van der Waals surface area contributed by atoms with Gasteiger partial charge in [0.1, 0.15) is 0 Å². The maximum Gasteiger partial charge on any atom is 0.252 e. The Labute approximate surface area is 106 Å². The van der Waals surface area contributed by atoms with E-state index in [1.165, 1.54) is 18.6 Å². The number of rotatable bonds is 4. The number of carbonyl (C=O) groups excluding carboxylic acids is 1. The Kier molecular flexibility index (Phi) is 3.68. The van der Waals surface area contributed by atoms with Gasteiger partial charge in [-0.1, -0.05) is 18.6 Å². The molecular formula is C12H16N2O3S. The second-order valence-corrected chi connectivity index (χ2v) is 6.08. The lowest BCUT2D eigenvalue weighted by Gasteiger charge is -2.25. The number of carbonyl (C=O) groups is 1. The summed E-state index contributed by atoms with van der Waals surface area (Å²) in [4.78, 5) is 11.8.